The lowest BCUT2D eigenvalue weighted by molar-refractivity contribution is 0.271. The quantitative estimate of drug-likeness (QED) is 0.816. The van der Waals surface area contributed by atoms with Gasteiger partial charge < -0.3 is 9.53 Å². The van der Waals surface area contributed by atoms with Gasteiger partial charge in [-0.15, -0.1) is 0 Å². The molecule has 0 amide bonds. The predicted molar refractivity (Wildman–Crippen MR) is 74.8 cm³/mol. The van der Waals surface area contributed by atoms with Gasteiger partial charge in [0.1, 0.15) is 5.75 Å². The minimum atomic E-state index is -1.74. The lowest BCUT2D eigenvalue weighted by atomic mass is 10.1. The maximum atomic E-state index is 9.83. The van der Waals surface area contributed by atoms with E-state index < -0.39 is 8.32 Å². The minimum Gasteiger partial charge on any atom is -0.508 e. The molecule has 1 aromatic carbocycles. The second-order valence-corrected chi connectivity index (χ2v) is 11.0. The van der Waals surface area contributed by atoms with Crippen LogP contribution in [0.25, 0.3) is 0 Å². The molecule has 96 valence electrons. The molecule has 0 aliphatic carbocycles. The van der Waals surface area contributed by atoms with Gasteiger partial charge in [0.15, 0.2) is 8.32 Å². The number of rotatable bonds is 3. The lowest BCUT2D eigenvalue weighted by Crippen LogP contribution is -2.40. The maximum absolute atomic E-state index is 9.83. The van der Waals surface area contributed by atoms with Crippen molar-refractivity contribution < 1.29 is 9.53 Å². The molecule has 2 nitrogen and oxygen atoms in total. The average Bonchev–Trinajstić information content (AvgIpc) is 2.14. The van der Waals surface area contributed by atoms with Crippen molar-refractivity contribution >= 4 is 8.32 Å². The van der Waals surface area contributed by atoms with Gasteiger partial charge in [-0.05, 0) is 36.7 Å². The first-order valence-electron chi connectivity index (χ1n) is 6.06. The van der Waals surface area contributed by atoms with Gasteiger partial charge in [0.05, 0.1) is 6.61 Å². The summed E-state index contributed by atoms with van der Waals surface area (Å²) in [4.78, 5) is 0. The van der Waals surface area contributed by atoms with Crippen molar-refractivity contribution in [2.45, 2.75) is 52.4 Å². The summed E-state index contributed by atoms with van der Waals surface area (Å²) in [5, 5.41) is 10.0. The monoisotopic (exact) mass is 252 g/mol. The van der Waals surface area contributed by atoms with Gasteiger partial charge in [-0.2, -0.15) is 0 Å². The fraction of sp³-hybridized carbons (Fsp3) is 0.571. The van der Waals surface area contributed by atoms with Crippen molar-refractivity contribution in [3.05, 3.63) is 29.3 Å². The molecule has 3 heteroatoms. The Balaban J connectivity index is 2.74. The average molecular weight is 252 g/mol. The van der Waals surface area contributed by atoms with Gasteiger partial charge in [0.2, 0.25) is 0 Å². The van der Waals surface area contributed by atoms with E-state index in [1.807, 2.05) is 19.1 Å². The number of hydrogen-bond donors (Lipinski definition) is 1. The van der Waals surface area contributed by atoms with Crippen LogP contribution in [-0.4, -0.2) is 13.4 Å². The maximum Gasteiger partial charge on any atom is 0.192 e. The highest BCUT2D eigenvalue weighted by atomic mass is 28.4. The summed E-state index contributed by atoms with van der Waals surface area (Å²) in [6, 6.07) is 5.73. The van der Waals surface area contributed by atoms with Crippen LogP contribution in [0.2, 0.25) is 18.1 Å². The third kappa shape index (κ3) is 3.58. The molecule has 0 unspecified atom stereocenters. The Morgan fingerprint density at radius 2 is 1.82 bits per heavy atom. The van der Waals surface area contributed by atoms with E-state index >= 15 is 0 Å². The summed E-state index contributed by atoms with van der Waals surface area (Å²) in [6.45, 7) is 13.6. The van der Waals surface area contributed by atoms with E-state index in [1.165, 1.54) is 0 Å². The standard InChI is InChI=1S/C14H24O2Si/c1-11-7-8-12(13(15)9-11)10-16-17(5,6)14(2,3)4/h7-9,15H,10H2,1-6H3. The molecule has 0 saturated heterocycles. The minimum absolute atomic E-state index is 0.202. The summed E-state index contributed by atoms with van der Waals surface area (Å²) in [7, 11) is -1.74. The van der Waals surface area contributed by atoms with Crippen molar-refractivity contribution in [2.75, 3.05) is 0 Å². The fourth-order valence-electron chi connectivity index (χ4n) is 1.27. The Kier molecular flexibility index (Phi) is 4.05. The lowest BCUT2D eigenvalue weighted by Gasteiger charge is -2.36. The van der Waals surface area contributed by atoms with Gasteiger partial charge in [-0.3, -0.25) is 0 Å². The van der Waals surface area contributed by atoms with Crippen LogP contribution in [0.5, 0.6) is 5.75 Å². The fourth-order valence-corrected chi connectivity index (χ4v) is 2.22. The zero-order valence-corrected chi connectivity index (χ0v) is 12.8. The smallest absolute Gasteiger partial charge is 0.192 e. The molecule has 1 N–H and O–H groups in total. The van der Waals surface area contributed by atoms with Crippen LogP contribution in [0.15, 0.2) is 18.2 Å². The van der Waals surface area contributed by atoms with Gasteiger partial charge in [-0.1, -0.05) is 32.9 Å². The van der Waals surface area contributed by atoms with E-state index in [9.17, 15) is 5.11 Å². The Morgan fingerprint density at radius 1 is 1.24 bits per heavy atom. The van der Waals surface area contributed by atoms with Crippen molar-refractivity contribution in [3.8, 4) is 5.75 Å². The van der Waals surface area contributed by atoms with Crippen LogP contribution in [0.1, 0.15) is 31.9 Å². The molecular weight excluding hydrogens is 228 g/mol. The summed E-state index contributed by atoms with van der Waals surface area (Å²) >= 11 is 0. The first kappa shape index (κ1) is 14.3. The highest BCUT2D eigenvalue weighted by molar-refractivity contribution is 6.74. The zero-order valence-electron chi connectivity index (χ0n) is 11.8. The molecule has 0 aromatic heterocycles. The topological polar surface area (TPSA) is 29.5 Å². The van der Waals surface area contributed by atoms with Crippen LogP contribution in [0.4, 0.5) is 0 Å². The molecule has 0 fully saturated rings. The molecule has 0 saturated carbocycles. The van der Waals surface area contributed by atoms with E-state index in [0.717, 1.165) is 11.1 Å². The second-order valence-electron chi connectivity index (χ2n) is 6.18. The predicted octanol–water partition coefficient (Wildman–Crippen LogP) is 4.22. The van der Waals surface area contributed by atoms with Gasteiger partial charge in [0, 0.05) is 5.56 Å². The number of aryl methyl sites for hydroxylation is 1. The Labute approximate surface area is 106 Å². The number of benzene rings is 1. The Morgan fingerprint density at radius 3 is 2.29 bits per heavy atom. The van der Waals surface area contributed by atoms with Gasteiger partial charge >= 0.3 is 0 Å². The molecule has 0 spiro atoms. The van der Waals surface area contributed by atoms with Crippen LogP contribution in [0, 0.1) is 6.92 Å². The highest BCUT2D eigenvalue weighted by Gasteiger charge is 2.37. The molecular formula is C14H24O2Si. The van der Waals surface area contributed by atoms with Crippen LogP contribution in [-0.2, 0) is 11.0 Å². The van der Waals surface area contributed by atoms with E-state index in [0.29, 0.717) is 12.4 Å². The summed E-state index contributed by atoms with van der Waals surface area (Å²) in [5.74, 6) is 0.337. The van der Waals surface area contributed by atoms with Crippen molar-refractivity contribution in [3.63, 3.8) is 0 Å². The first-order chi connectivity index (χ1) is 7.63. The van der Waals surface area contributed by atoms with Crippen molar-refractivity contribution in [2.24, 2.45) is 0 Å². The molecule has 17 heavy (non-hydrogen) atoms. The number of aromatic hydroxyl groups is 1. The molecule has 0 bridgehead atoms. The number of phenolic OH excluding ortho intramolecular Hbond substituents is 1. The second kappa shape index (κ2) is 4.82. The summed E-state index contributed by atoms with van der Waals surface area (Å²) in [5.41, 5.74) is 1.94. The zero-order chi connectivity index (χ0) is 13.3. The van der Waals surface area contributed by atoms with Crippen LogP contribution in [0.3, 0.4) is 0 Å². The third-order valence-corrected chi connectivity index (χ3v) is 8.11. The van der Waals surface area contributed by atoms with Crippen molar-refractivity contribution in [1.29, 1.82) is 0 Å². The van der Waals surface area contributed by atoms with Crippen LogP contribution < -0.4 is 0 Å². The molecule has 1 aromatic rings. The van der Waals surface area contributed by atoms with Gasteiger partial charge in [0.25, 0.3) is 0 Å². The summed E-state index contributed by atoms with van der Waals surface area (Å²) in [6.07, 6.45) is 0. The molecule has 0 aliphatic heterocycles. The van der Waals surface area contributed by atoms with Gasteiger partial charge in [-0.25, -0.2) is 0 Å². The Hall–Kier alpha value is -0.803. The largest absolute Gasteiger partial charge is 0.508 e. The number of phenols is 1. The van der Waals surface area contributed by atoms with Crippen molar-refractivity contribution in [1.82, 2.24) is 0 Å². The highest BCUT2D eigenvalue weighted by Crippen LogP contribution is 2.37. The molecule has 0 atom stereocenters. The van der Waals surface area contributed by atoms with Crippen LogP contribution >= 0.6 is 0 Å². The van der Waals surface area contributed by atoms with E-state index in [1.54, 1.807) is 6.07 Å². The normalized spacial score (nSPS) is 12.8. The molecule has 1 rings (SSSR count). The van der Waals surface area contributed by atoms with E-state index in [4.69, 9.17) is 4.43 Å². The molecule has 0 heterocycles. The van der Waals surface area contributed by atoms with E-state index in [2.05, 4.69) is 33.9 Å². The molecule has 0 radical (unpaired) electrons. The summed E-state index contributed by atoms with van der Waals surface area (Å²) < 4.78 is 6.08. The molecule has 0 aliphatic rings. The number of hydrogen-bond acceptors (Lipinski definition) is 2. The first-order valence-corrected chi connectivity index (χ1v) is 8.97. The van der Waals surface area contributed by atoms with E-state index in [-0.39, 0.29) is 5.04 Å². The SMILES string of the molecule is Cc1ccc(CO[Si](C)(C)C(C)(C)C)c(O)c1. The Bertz CT molecular complexity index is 392. The third-order valence-electron chi connectivity index (χ3n) is 3.64.